The summed E-state index contributed by atoms with van der Waals surface area (Å²) < 4.78 is 5.34. The molecule has 1 aliphatic heterocycles. The molecule has 1 aliphatic rings. The molecule has 2 rings (SSSR count). The van der Waals surface area contributed by atoms with Gasteiger partial charge in [-0.3, -0.25) is 4.79 Å². The van der Waals surface area contributed by atoms with Gasteiger partial charge in [0.05, 0.1) is 6.54 Å². The minimum Gasteiger partial charge on any atom is -0.381 e. The third kappa shape index (κ3) is 4.33. The first-order chi connectivity index (χ1) is 9.07. The van der Waals surface area contributed by atoms with E-state index in [-0.39, 0.29) is 11.4 Å². The van der Waals surface area contributed by atoms with Crippen LogP contribution in [0.3, 0.4) is 0 Å². The lowest BCUT2D eigenvalue weighted by Gasteiger charge is -2.34. The van der Waals surface area contributed by atoms with E-state index in [9.17, 15) is 4.79 Å². The van der Waals surface area contributed by atoms with Crippen molar-refractivity contribution in [3.63, 3.8) is 0 Å². The number of amides is 1. The van der Waals surface area contributed by atoms with E-state index in [1.54, 1.807) is 0 Å². The van der Waals surface area contributed by atoms with E-state index in [2.05, 4.69) is 17.6 Å². The van der Waals surface area contributed by atoms with Gasteiger partial charge in [-0.1, -0.05) is 17.7 Å². The molecule has 0 unspecified atom stereocenters. The Bertz CT molecular complexity index is 422. The topological polar surface area (TPSA) is 50.4 Å². The molecule has 0 aliphatic carbocycles. The molecule has 4 nitrogen and oxygen atoms in total. The second-order valence-electron chi connectivity index (χ2n) is 5.44. The molecular formula is C15H22N2O2. The van der Waals surface area contributed by atoms with E-state index in [4.69, 9.17) is 4.74 Å². The van der Waals surface area contributed by atoms with Crippen molar-refractivity contribution in [3.8, 4) is 0 Å². The Morgan fingerprint density at radius 1 is 1.26 bits per heavy atom. The van der Waals surface area contributed by atoms with Gasteiger partial charge in [0.1, 0.15) is 0 Å². The van der Waals surface area contributed by atoms with E-state index >= 15 is 0 Å². The van der Waals surface area contributed by atoms with Crippen molar-refractivity contribution in [2.45, 2.75) is 32.2 Å². The van der Waals surface area contributed by atoms with E-state index in [0.29, 0.717) is 6.54 Å². The fourth-order valence-electron chi connectivity index (χ4n) is 2.13. The number of aryl methyl sites for hydroxylation is 1. The third-order valence-electron chi connectivity index (χ3n) is 3.61. The van der Waals surface area contributed by atoms with Crippen LogP contribution in [-0.2, 0) is 9.53 Å². The highest BCUT2D eigenvalue weighted by molar-refractivity contribution is 5.92. The molecule has 1 saturated heterocycles. The van der Waals surface area contributed by atoms with E-state index in [1.165, 1.54) is 5.56 Å². The summed E-state index contributed by atoms with van der Waals surface area (Å²) in [5.41, 5.74) is 2.04. The lowest BCUT2D eigenvalue weighted by Crippen LogP contribution is -2.49. The number of hydrogen-bond donors (Lipinski definition) is 2. The fourth-order valence-corrected chi connectivity index (χ4v) is 2.13. The molecule has 0 spiro atoms. The van der Waals surface area contributed by atoms with Gasteiger partial charge in [-0.2, -0.15) is 0 Å². The molecule has 4 heteroatoms. The van der Waals surface area contributed by atoms with Crippen molar-refractivity contribution in [1.82, 2.24) is 5.32 Å². The van der Waals surface area contributed by atoms with E-state index in [1.807, 2.05) is 31.2 Å². The Labute approximate surface area is 114 Å². The molecule has 1 heterocycles. The molecule has 2 N–H and O–H groups in total. The Morgan fingerprint density at radius 2 is 1.89 bits per heavy atom. The Morgan fingerprint density at radius 3 is 2.53 bits per heavy atom. The maximum Gasteiger partial charge on any atom is 0.238 e. The predicted octanol–water partition coefficient (Wildman–Crippen LogP) is 2.09. The Kier molecular flexibility index (Phi) is 4.56. The first-order valence-corrected chi connectivity index (χ1v) is 6.77. The number of nitrogens with one attached hydrogen (secondary N) is 2. The molecule has 0 saturated carbocycles. The summed E-state index contributed by atoms with van der Waals surface area (Å²) in [6.07, 6.45) is 1.90. The van der Waals surface area contributed by atoms with Crippen LogP contribution in [0.25, 0.3) is 0 Å². The van der Waals surface area contributed by atoms with Gasteiger partial charge < -0.3 is 15.4 Å². The Balaban J connectivity index is 1.79. The van der Waals surface area contributed by atoms with Crippen molar-refractivity contribution in [1.29, 1.82) is 0 Å². The molecule has 19 heavy (non-hydrogen) atoms. The number of anilines is 1. The molecule has 1 aromatic rings. The summed E-state index contributed by atoms with van der Waals surface area (Å²) >= 11 is 0. The van der Waals surface area contributed by atoms with Crippen LogP contribution in [0.2, 0.25) is 0 Å². The van der Waals surface area contributed by atoms with Crippen molar-refractivity contribution < 1.29 is 9.53 Å². The maximum atomic E-state index is 11.9. The molecule has 1 aromatic carbocycles. The van der Waals surface area contributed by atoms with Gasteiger partial charge in [-0.25, -0.2) is 0 Å². The van der Waals surface area contributed by atoms with Crippen LogP contribution in [-0.4, -0.2) is 31.2 Å². The lowest BCUT2D eigenvalue weighted by atomic mass is 9.92. The van der Waals surface area contributed by atoms with Crippen molar-refractivity contribution in [2.24, 2.45) is 0 Å². The van der Waals surface area contributed by atoms with Gasteiger partial charge >= 0.3 is 0 Å². The number of ether oxygens (including phenoxy) is 1. The summed E-state index contributed by atoms with van der Waals surface area (Å²) in [6.45, 7) is 6.05. The Hall–Kier alpha value is -1.39. The summed E-state index contributed by atoms with van der Waals surface area (Å²) in [5.74, 6) is -0.00318. The minimum absolute atomic E-state index is 0.00318. The fraction of sp³-hybridized carbons (Fsp3) is 0.533. The predicted molar refractivity (Wildman–Crippen MR) is 76.3 cm³/mol. The standard InChI is InChI=1S/C15H22N2O2/c1-12-3-5-13(6-4-12)17-14(18)11-16-15(2)7-9-19-10-8-15/h3-6,16H,7-11H2,1-2H3,(H,17,18). The molecule has 0 radical (unpaired) electrons. The van der Waals surface area contributed by atoms with Crippen LogP contribution in [0.1, 0.15) is 25.3 Å². The average Bonchev–Trinajstić information content (AvgIpc) is 2.40. The van der Waals surface area contributed by atoms with Crippen molar-refractivity contribution in [2.75, 3.05) is 25.1 Å². The first-order valence-electron chi connectivity index (χ1n) is 6.77. The largest absolute Gasteiger partial charge is 0.381 e. The summed E-state index contributed by atoms with van der Waals surface area (Å²) in [6, 6.07) is 7.82. The quantitative estimate of drug-likeness (QED) is 0.873. The summed E-state index contributed by atoms with van der Waals surface area (Å²) in [7, 11) is 0. The second-order valence-corrected chi connectivity index (χ2v) is 5.44. The maximum absolute atomic E-state index is 11.9. The monoisotopic (exact) mass is 262 g/mol. The highest BCUT2D eigenvalue weighted by atomic mass is 16.5. The van der Waals surface area contributed by atoms with Crippen LogP contribution >= 0.6 is 0 Å². The minimum atomic E-state index is -0.00318. The lowest BCUT2D eigenvalue weighted by molar-refractivity contribution is -0.116. The smallest absolute Gasteiger partial charge is 0.238 e. The van der Waals surface area contributed by atoms with Gasteiger partial charge in [-0.15, -0.1) is 0 Å². The summed E-state index contributed by atoms with van der Waals surface area (Å²) in [5, 5.41) is 6.23. The molecule has 1 amide bonds. The second kappa shape index (κ2) is 6.17. The van der Waals surface area contributed by atoms with E-state index < -0.39 is 0 Å². The highest BCUT2D eigenvalue weighted by Gasteiger charge is 2.27. The van der Waals surface area contributed by atoms with Crippen LogP contribution in [0, 0.1) is 6.92 Å². The highest BCUT2D eigenvalue weighted by Crippen LogP contribution is 2.19. The number of benzene rings is 1. The number of carbonyl (C=O) groups is 1. The molecular weight excluding hydrogens is 240 g/mol. The van der Waals surface area contributed by atoms with Gasteiger partial charge in [-0.05, 0) is 38.8 Å². The zero-order chi connectivity index (χ0) is 13.7. The molecule has 0 atom stereocenters. The average molecular weight is 262 g/mol. The zero-order valence-electron chi connectivity index (χ0n) is 11.7. The third-order valence-corrected chi connectivity index (χ3v) is 3.61. The van der Waals surface area contributed by atoms with Crippen molar-refractivity contribution in [3.05, 3.63) is 29.8 Å². The number of rotatable bonds is 4. The zero-order valence-corrected chi connectivity index (χ0v) is 11.7. The normalized spacial score (nSPS) is 18.0. The van der Waals surface area contributed by atoms with Crippen LogP contribution in [0.5, 0.6) is 0 Å². The number of hydrogen-bond acceptors (Lipinski definition) is 3. The van der Waals surface area contributed by atoms with Gasteiger partial charge in [0.2, 0.25) is 5.91 Å². The molecule has 104 valence electrons. The SMILES string of the molecule is Cc1ccc(NC(=O)CNC2(C)CCOCC2)cc1. The molecule has 0 bridgehead atoms. The van der Waals surface area contributed by atoms with Gasteiger partial charge in [0, 0.05) is 24.4 Å². The van der Waals surface area contributed by atoms with Crippen LogP contribution in [0.4, 0.5) is 5.69 Å². The van der Waals surface area contributed by atoms with Gasteiger partial charge in [0.15, 0.2) is 0 Å². The first kappa shape index (κ1) is 14.0. The van der Waals surface area contributed by atoms with E-state index in [0.717, 1.165) is 31.7 Å². The van der Waals surface area contributed by atoms with Crippen LogP contribution in [0.15, 0.2) is 24.3 Å². The molecule has 0 aromatic heterocycles. The van der Waals surface area contributed by atoms with Crippen molar-refractivity contribution >= 4 is 11.6 Å². The number of carbonyl (C=O) groups excluding carboxylic acids is 1. The van der Waals surface area contributed by atoms with Crippen LogP contribution < -0.4 is 10.6 Å². The van der Waals surface area contributed by atoms with Gasteiger partial charge in [0.25, 0.3) is 0 Å². The molecule has 1 fully saturated rings. The summed E-state index contributed by atoms with van der Waals surface area (Å²) in [4.78, 5) is 11.9.